The van der Waals surface area contributed by atoms with E-state index in [0.29, 0.717) is 24.0 Å². The molecule has 0 atom stereocenters. The van der Waals surface area contributed by atoms with Gasteiger partial charge in [-0.3, -0.25) is 0 Å². The van der Waals surface area contributed by atoms with Crippen molar-refractivity contribution in [3.8, 4) is 0 Å². The predicted molar refractivity (Wildman–Crippen MR) is 221 cm³/mol. The van der Waals surface area contributed by atoms with Crippen LogP contribution in [0, 0.1) is 0 Å². The van der Waals surface area contributed by atoms with Crippen LogP contribution < -0.4 is 0 Å². The van der Waals surface area contributed by atoms with Gasteiger partial charge >= 0.3 is 48.9 Å². The van der Waals surface area contributed by atoms with Crippen LogP contribution in [0.3, 0.4) is 0 Å². The van der Waals surface area contributed by atoms with Gasteiger partial charge in [0.05, 0.1) is 9.79 Å². The number of hydrogen-bond acceptors (Lipinski definition) is 6. The first-order valence-electron chi connectivity index (χ1n) is 20.0. The molecule has 4 rings (SSSR count). The van der Waals surface area contributed by atoms with E-state index < -0.39 is 20.2 Å². The first kappa shape index (κ1) is 47.9. The van der Waals surface area contributed by atoms with Gasteiger partial charge in [-0.15, -0.1) is 0 Å². The monoisotopic (exact) mass is 888 g/mol. The molecule has 53 heavy (non-hydrogen) atoms. The Morgan fingerprint density at radius 3 is 0.981 bits per heavy atom. The smallest absolute Gasteiger partial charge is 0.744 e. The summed E-state index contributed by atoms with van der Waals surface area (Å²) in [4.78, 5) is -0.00335. The summed E-state index contributed by atoms with van der Waals surface area (Å²) < 4.78 is 71.8. The van der Waals surface area contributed by atoms with E-state index in [1.807, 2.05) is 36.4 Å². The molecule has 288 valence electrons. The summed E-state index contributed by atoms with van der Waals surface area (Å²) in [5.41, 5.74) is 3.40. The molecule has 0 fully saturated rings. The minimum atomic E-state index is -4.48. The zero-order chi connectivity index (χ0) is 38.0. The Morgan fingerprint density at radius 2 is 0.698 bits per heavy atom. The third-order valence-electron chi connectivity index (χ3n) is 10.1. The molecule has 0 aliphatic heterocycles. The number of unbranched alkanes of at least 4 members (excludes halogenated alkanes) is 12. The van der Waals surface area contributed by atoms with E-state index in [2.05, 4.69) is 39.8 Å². The molecule has 0 saturated heterocycles. The summed E-state index contributed by atoms with van der Waals surface area (Å²) in [6.45, 7) is 8.64. The third kappa shape index (κ3) is 15.3. The van der Waals surface area contributed by atoms with Crippen molar-refractivity contribution in [2.24, 2.45) is 0 Å². The summed E-state index contributed by atoms with van der Waals surface area (Å²) in [5.74, 6) is 0. The second kappa shape index (κ2) is 25.1. The van der Waals surface area contributed by atoms with Crippen LogP contribution in [0.2, 0.25) is 0 Å². The number of aryl methyl sites for hydroxylation is 4. The van der Waals surface area contributed by atoms with Gasteiger partial charge in [0.15, 0.2) is 0 Å². The van der Waals surface area contributed by atoms with E-state index in [9.17, 15) is 25.9 Å². The number of rotatable bonds is 22. The summed E-state index contributed by atoms with van der Waals surface area (Å²) in [7, 11) is -8.95. The Balaban J connectivity index is 0.000000360. The Kier molecular flexibility index (Phi) is 22.7. The van der Waals surface area contributed by atoms with Gasteiger partial charge < -0.3 is 9.11 Å². The normalized spacial score (nSPS) is 11.7. The van der Waals surface area contributed by atoms with Gasteiger partial charge in [-0.1, -0.05) is 153 Å². The molecule has 0 aromatic heterocycles. The average molecular weight is 888 g/mol. The van der Waals surface area contributed by atoms with Gasteiger partial charge in [0, 0.05) is 0 Å². The van der Waals surface area contributed by atoms with Crippen molar-refractivity contribution in [2.75, 3.05) is 0 Å². The first-order chi connectivity index (χ1) is 25.0. The minimum Gasteiger partial charge on any atom is -0.744 e. The maximum absolute atomic E-state index is 12.0. The quantitative estimate of drug-likeness (QED) is 0.0441. The Morgan fingerprint density at radius 1 is 0.415 bits per heavy atom. The van der Waals surface area contributed by atoms with Gasteiger partial charge in [-0.2, -0.15) is 0 Å². The SMILES string of the molecule is CCCCCCc1cc(S(=O)(=O)[O-])c(CCCCCC)c2ccccc12.CCCCCCc1cc(S(=O)(=O)[O-])c(CCCCCC)c2ccccc12.[Ba+2]. The molecular formula is C44H62BaO6S2. The van der Waals surface area contributed by atoms with Crippen molar-refractivity contribution in [3.63, 3.8) is 0 Å². The average Bonchev–Trinajstić information content (AvgIpc) is 3.12. The molecule has 0 saturated carbocycles. The summed E-state index contributed by atoms with van der Waals surface area (Å²) in [5, 5.41) is 4.07. The van der Waals surface area contributed by atoms with E-state index >= 15 is 0 Å². The van der Waals surface area contributed by atoms with Crippen LogP contribution in [0.25, 0.3) is 21.5 Å². The number of hydrogen-bond donors (Lipinski definition) is 0. The van der Waals surface area contributed by atoms with Crippen molar-refractivity contribution in [2.45, 2.75) is 166 Å². The molecular weight excluding hydrogens is 826 g/mol. The molecule has 0 unspecified atom stereocenters. The van der Waals surface area contributed by atoms with Crippen LogP contribution in [0.4, 0.5) is 0 Å². The second-order valence-electron chi connectivity index (χ2n) is 14.3. The molecule has 0 bridgehead atoms. The van der Waals surface area contributed by atoms with Crippen LogP contribution in [0.15, 0.2) is 70.5 Å². The fourth-order valence-corrected chi connectivity index (χ4v) is 8.88. The van der Waals surface area contributed by atoms with Gasteiger partial charge in [-0.25, -0.2) is 16.8 Å². The molecule has 0 aliphatic rings. The molecule has 4 aromatic rings. The van der Waals surface area contributed by atoms with E-state index in [0.717, 1.165) is 135 Å². The van der Waals surface area contributed by atoms with Gasteiger partial charge in [0.25, 0.3) is 0 Å². The first-order valence-corrected chi connectivity index (χ1v) is 22.8. The molecule has 0 heterocycles. The topological polar surface area (TPSA) is 114 Å². The standard InChI is InChI=1S/2C22H32O3S.Ba/c2*1-3-5-7-9-13-18-17-22(26(23,24)25)21(16-10-8-6-4-2)20-15-12-11-14-19(18)20;/h2*11-12,14-15,17H,3-10,13,16H2,1-2H3,(H,23,24,25);/q;;+2/p-2. The zero-order valence-electron chi connectivity index (χ0n) is 32.9. The van der Waals surface area contributed by atoms with Gasteiger partial charge in [-0.05, 0) is 107 Å². The molecule has 0 spiro atoms. The van der Waals surface area contributed by atoms with E-state index in [-0.39, 0.29) is 58.7 Å². The van der Waals surface area contributed by atoms with E-state index in [4.69, 9.17) is 0 Å². The van der Waals surface area contributed by atoms with Crippen molar-refractivity contribution < 1.29 is 25.9 Å². The van der Waals surface area contributed by atoms with Crippen LogP contribution in [-0.4, -0.2) is 74.8 Å². The molecule has 6 nitrogen and oxygen atoms in total. The van der Waals surface area contributed by atoms with E-state index in [1.165, 1.54) is 12.8 Å². The Bertz CT molecular complexity index is 1770. The Hall–Kier alpha value is -1.21. The predicted octanol–water partition coefficient (Wildman–Crippen LogP) is 11.6. The molecule has 9 heteroatoms. The zero-order valence-corrected chi connectivity index (χ0v) is 39.0. The molecule has 0 radical (unpaired) electrons. The van der Waals surface area contributed by atoms with Crippen molar-refractivity contribution in [1.82, 2.24) is 0 Å². The number of benzene rings is 4. The summed E-state index contributed by atoms with van der Waals surface area (Å²) >= 11 is 0. The molecule has 0 N–H and O–H groups in total. The van der Waals surface area contributed by atoms with Crippen molar-refractivity contribution >= 4 is 90.7 Å². The van der Waals surface area contributed by atoms with Gasteiger partial charge in [0.1, 0.15) is 20.2 Å². The maximum Gasteiger partial charge on any atom is 2.00 e. The Labute approximate surface area is 361 Å². The van der Waals surface area contributed by atoms with Gasteiger partial charge in [0.2, 0.25) is 0 Å². The summed E-state index contributed by atoms with van der Waals surface area (Å²) in [6.07, 6.45) is 20.4. The fraction of sp³-hybridized carbons (Fsp3) is 0.545. The number of fused-ring (bicyclic) bond motifs is 2. The second-order valence-corrected chi connectivity index (χ2v) is 17.0. The van der Waals surface area contributed by atoms with Crippen LogP contribution in [-0.2, 0) is 45.9 Å². The van der Waals surface area contributed by atoms with Crippen LogP contribution in [0.1, 0.15) is 153 Å². The van der Waals surface area contributed by atoms with Crippen LogP contribution in [0.5, 0.6) is 0 Å². The van der Waals surface area contributed by atoms with Crippen LogP contribution >= 0.6 is 0 Å². The molecule has 4 aromatic carbocycles. The molecule has 0 aliphatic carbocycles. The van der Waals surface area contributed by atoms with Crippen molar-refractivity contribution in [3.05, 3.63) is 82.9 Å². The summed E-state index contributed by atoms with van der Waals surface area (Å²) in [6, 6.07) is 19.2. The largest absolute Gasteiger partial charge is 2.00 e. The van der Waals surface area contributed by atoms with E-state index in [1.54, 1.807) is 12.1 Å². The maximum atomic E-state index is 12.0. The molecule has 0 amide bonds. The third-order valence-corrected chi connectivity index (χ3v) is 11.9. The van der Waals surface area contributed by atoms with Crippen molar-refractivity contribution in [1.29, 1.82) is 0 Å². The minimum absolute atomic E-state index is 0. The fourth-order valence-electron chi connectivity index (χ4n) is 7.28.